The molecule has 2 aromatic rings. The topological polar surface area (TPSA) is 58.6 Å². The number of ether oxygens (including phenoxy) is 1. The molecule has 0 saturated carbocycles. The highest BCUT2D eigenvalue weighted by molar-refractivity contribution is 7.89. The van der Waals surface area contributed by atoms with Crippen LogP contribution in [0.5, 0.6) is 5.75 Å². The Morgan fingerprint density at radius 3 is 2.31 bits per heavy atom. The third-order valence-electron chi connectivity index (χ3n) is 3.71. The van der Waals surface area contributed by atoms with Gasteiger partial charge in [-0.25, -0.2) is 12.7 Å². The maximum atomic E-state index is 12.0. The molecule has 5 nitrogen and oxygen atoms in total. The number of benzene rings is 2. The highest BCUT2D eigenvalue weighted by Gasteiger charge is 2.16. The number of nitrogens with zero attached hydrogens (tertiary/aromatic N) is 1. The molecule has 0 aliphatic heterocycles. The largest absolute Gasteiger partial charge is 0.488 e. The molecule has 0 atom stereocenters. The van der Waals surface area contributed by atoms with E-state index in [-0.39, 0.29) is 4.90 Å². The van der Waals surface area contributed by atoms with Gasteiger partial charge in [-0.3, -0.25) is 0 Å². The van der Waals surface area contributed by atoms with Gasteiger partial charge in [0.1, 0.15) is 12.4 Å². The van der Waals surface area contributed by atoms with Crippen LogP contribution < -0.4 is 10.1 Å². The van der Waals surface area contributed by atoms with E-state index < -0.39 is 10.0 Å². The number of sulfonamides is 1. The summed E-state index contributed by atoms with van der Waals surface area (Å²) in [5, 5.41) is 3.87. The molecule has 0 aliphatic rings. The van der Waals surface area contributed by atoms with Crippen LogP contribution in [0.2, 0.25) is 5.02 Å². The molecule has 0 heterocycles. The Morgan fingerprint density at radius 2 is 1.73 bits per heavy atom. The fourth-order valence-corrected chi connectivity index (χ4v) is 3.42. The van der Waals surface area contributed by atoms with E-state index in [2.05, 4.69) is 11.9 Å². The standard InChI is InChI=1S/C19H23ClN2O3S/c1-4-11-25-19-10-7-16(12-18(19)20)14-21-13-15-5-8-17(9-6-15)26(23,24)22(2)3/h4-10,12,21H,1,11,13-14H2,2-3H3. The Kier molecular flexibility index (Phi) is 7.23. The summed E-state index contributed by atoms with van der Waals surface area (Å²) in [5.74, 6) is 0.632. The normalized spacial score (nSPS) is 11.5. The summed E-state index contributed by atoms with van der Waals surface area (Å²) in [7, 11) is -0.358. The van der Waals surface area contributed by atoms with Gasteiger partial charge in [-0.1, -0.05) is 42.5 Å². The molecule has 0 unspecified atom stereocenters. The summed E-state index contributed by atoms with van der Waals surface area (Å²) in [5.41, 5.74) is 2.03. The summed E-state index contributed by atoms with van der Waals surface area (Å²) in [6.45, 7) is 5.28. The van der Waals surface area contributed by atoms with Crippen LogP contribution in [-0.4, -0.2) is 33.4 Å². The van der Waals surface area contributed by atoms with Crippen LogP contribution in [0, 0.1) is 0 Å². The molecule has 1 N–H and O–H groups in total. The lowest BCUT2D eigenvalue weighted by Gasteiger charge is -2.12. The number of hydrogen-bond acceptors (Lipinski definition) is 4. The Labute approximate surface area is 160 Å². The van der Waals surface area contributed by atoms with Crippen LogP contribution in [0.15, 0.2) is 60.0 Å². The predicted molar refractivity (Wildman–Crippen MR) is 105 cm³/mol. The van der Waals surface area contributed by atoms with E-state index in [4.69, 9.17) is 16.3 Å². The third kappa shape index (κ3) is 5.32. The fraction of sp³-hybridized carbons (Fsp3) is 0.263. The minimum atomic E-state index is -3.39. The van der Waals surface area contributed by atoms with E-state index >= 15 is 0 Å². The molecular formula is C19H23ClN2O3S. The zero-order valence-corrected chi connectivity index (χ0v) is 16.5. The van der Waals surface area contributed by atoms with Gasteiger partial charge in [-0.2, -0.15) is 0 Å². The zero-order chi connectivity index (χ0) is 19.2. The van der Waals surface area contributed by atoms with Crippen LogP contribution in [0.1, 0.15) is 11.1 Å². The van der Waals surface area contributed by atoms with Crippen molar-refractivity contribution in [3.05, 3.63) is 71.3 Å². The molecule has 140 valence electrons. The van der Waals surface area contributed by atoms with Gasteiger partial charge in [0.25, 0.3) is 0 Å². The van der Waals surface area contributed by atoms with Gasteiger partial charge in [0, 0.05) is 27.2 Å². The summed E-state index contributed by atoms with van der Waals surface area (Å²) in [6, 6.07) is 12.5. The Hall–Kier alpha value is -1.86. The lowest BCUT2D eigenvalue weighted by molar-refractivity contribution is 0.363. The second-order valence-electron chi connectivity index (χ2n) is 5.90. The van der Waals surface area contributed by atoms with Crippen LogP contribution in [0.3, 0.4) is 0 Å². The van der Waals surface area contributed by atoms with Crippen molar-refractivity contribution in [3.8, 4) is 5.75 Å². The van der Waals surface area contributed by atoms with Crippen LogP contribution in [0.4, 0.5) is 0 Å². The summed E-state index contributed by atoms with van der Waals surface area (Å²) in [6.07, 6.45) is 1.67. The SMILES string of the molecule is C=CCOc1ccc(CNCc2ccc(S(=O)(=O)N(C)C)cc2)cc1Cl. The van der Waals surface area contributed by atoms with Crippen molar-refractivity contribution in [3.63, 3.8) is 0 Å². The first kappa shape index (κ1) is 20.5. The van der Waals surface area contributed by atoms with Crippen molar-refractivity contribution in [1.29, 1.82) is 0 Å². The molecule has 0 bridgehead atoms. The van der Waals surface area contributed by atoms with Gasteiger partial charge in [0.05, 0.1) is 9.92 Å². The number of hydrogen-bond donors (Lipinski definition) is 1. The molecule has 2 rings (SSSR count). The first-order valence-corrected chi connectivity index (χ1v) is 9.90. The lowest BCUT2D eigenvalue weighted by atomic mass is 10.2. The van der Waals surface area contributed by atoms with Crippen molar-refractivity contribution in [2.24, 2.45) is 0 Å². The van der Waals surface area contributed by atoms with Gasteiger partial charge < -0.3 is 10.1 Å². The molecule has 0 aliphatic carbocycles. The molecule has 7 heteroatoms. The molecule has 26 heavy (non-hydrogen) atoms. The van der Waals surface area contributed by atoms with Gasteiger partial charge in [-0.15, -0.1) is 0 Å². The average molecular weight is 395 g/mol. The summed E-state index contributed by atoms with van der Waals surface area (Å²) < 4.78 is 30.7. The predicted octanol–water partition coefficient (Wildman–Crippen LogP) is 3.44. The van der Waals surface area contributed by atoms with Gasteiger partial charge in [0.15, 0.2) is 0 Å². The van der Waals surface area contributed by atoms with E-state index in [1.807, 2.05) is 30.3 Å². The smallest absolute Gasteiger partial charge is 0.242 e. The minimum Gasteiger partial charge on any atom is -0.488 e. The maximum absolute atomic E-state index is 12.0. The summed E-state index contributed by atoms with van der Waals surface area (Å²) in [4.78, 5) is 0.285. The Morgan fingerprint density at radius 1 is 1.12 bits per heavy atom. The molecule has 0 saturated heterocycles. The number of halogens is 1. The molecule has 0 amide bonds. The second-order valence-corrected chi connectivity index (χ2v) is 8.46. The van der Waals surface area contributed by atoms with Crippen molar-refractivity contribution in [2.75, 3.05) is 20.7 Å². The highest BCUT2D eigenvalue weighted by Crippen LogP contribution is 2.25. The van der Waals surface area contributed by atoms with E-state index in [9.17, 15) is 8.42 Å². The van der Waals surface area contributed by atoms with Gasteiger partial charge in [0.2, 0.25) is 10.0 Å². The highest BCUT2D eigenvalue weighted by atomic mass is 35.5. The van der Waals surface area contributed by atoms with E-state index in [1.165, 1.54) is 18.4 Å². The van der Waals surface area contributed by atoms with E-state index in [0.717, 1.165) is 11.1 Å². The number of rotatable bonds is 9. The summed E-state index contributed by atoms with van der Waals surface area (Å²) >= 11 is 6.20. The van der Waals surface area contributed by atoms with Crippen LogP contribution in [-0.2, 0) is 23.1 Å². The molecular weight excluding hydrogens is 372 g/mol. The lowest BCUT2D eigenvalue weighted by Crippen LogP contribution is -2.22. The van der Waals surface area contributed by atoms with Gasteiger partial charge >= 0.3 is 0 Å². The zero-order valence-electron chi connectivity index (χ0n) is 14.9. The first-order valence-electron chi connectivity index (χ1n) is 8.09. The fourth-order valence-electron chi connectivity index (χ4n) is 2.26. The second kappa shape index (κ2) is 9.19. The molecule has 0 aromatic heterocycles. The quantitative estimate of drug-likeness (QED) is 0.662. The van der Waals surface area contributed by atoms with E-state index in [0.29, 0.717) is 30.5 Å². The van der Waals surface area contributed by atoms with Crippen molar-refractivity contribution >= 4 is 21.6 Å². The maximum Gasteiger partial charge on any atom is 0.242 e. The molecule has 2 aromatic carbocycles. The average Bonchev–Trinajstić information content (AvgIpc) is 2.61. The molecule has 0 radical (unpaired) electrons. The van der Waals surface area contributed by atoms with Crippen LogP contribution in [0.25, 0.3) is 0 Å². The molecule has 0 spiro atoms. The molecule has 0 fully saturated rings. The Bertz CT molecular complexity index is 850. The van der Waals surface area contributed by atoms with E-state index in [1.54, 1.807) is 18.2 Å². The Balaban J connectivity index is 1.92. The van der Waals surface area contributed by atoms with Crippen molar-refractivity contribution in [2.45, 2.75) is 18.0 Å². The van der Waals surface area contributed by atoms with Gasteiger partial charge in [-0.05, 0) is 35.4 Å². The van der Waals surface area contributed by atoms with Crippen molar-refractivity contribution < 1.29 is 13.2 Å². The first-order chi connectivity index (χ1) is 12.3. The van der Waals surface area contributed by atoms with Crippen molar-refractivity contribution in [1.82, 2.24) is 9.62 Å². The van der Waals surface area contributed by atoms with Crippen LogP contribution >= 0.6 is 11.6 Å². The minimum absolute atomic E-state index is 0.285. The monoisotopic (exact) mass is 394 g/mol. The number of nitrogens with one attached hydrogen (secondary N) is 1. The third-order valence-corrected chi connectivity index (χ3v) is 5.84.